The molecule has 2 aliphatic rings. The zero-order chi connectivity index (χ0) is 28.0. The van der Waals surface area contributed by atoms with Crippen molar-refractivity contribution in [2.45, 2.75) is 96.7 Å². The molecule has 0 heterocycles. The topological polar surface area (TPSA) is 134 Å². The summed E-state index contributed by atoms with van der Waals surface area (Å²) in [6, 6.07) is 5.81. The minimum Gasteiger partial charge on any atom is -0.481 e. The van der Waals surface area contributed by atoms with E-state index in [1.807, 2.05) is 51.1 Å². The number of carbonyl (C=O) groups is 2. The lowest BCUT2D eigenvalue weighted by molar-refractivity contribution is -0.163. The number of para-hydroxylation sites is 1. The van der Waals surface area contributed by atoms with E-state index in [2.05, 4.69) is 13.0 Å². The van der Waals surface area contributed by atoms with Crippen molar-refractivity contribution in [3.63, 3.8) is 0 Å². The fourth-order valence-electron chi connectivity index (χ4n) is 5.74. The number of aliphatic carboxylic acids is 1. The van der Waals surface area contributed by atoms with Crippen molar-refractivity contribution in [2.75, 3.05) is 0 Å². The zero-order valence-corrected chi connectivity index (χ0v) is 22.7. The molecule has 0 aliphatic heterocycles. The Kier molecular flexibility index (Phi) is 10.5. The fourth-order valence-corrected chi connectivity index (χ4v) is 5.74. The number of aryl methyl sites for hydroxylation is 2. The Hall–Kier alpha value is -2.68. The molecule has 0 fully saturated rings. The Balaban J connectivity index is 1.73. The van der Waals surface area contributed by atoms with Gasteiger partial charge in [0.15, 0.2) is 6.10 Å². The maximum absolute atomic E-state index is 13.3. The number of aliphatic hydroxyl groups excluding tert-OH is 3. The fraction of sp³-hybridized carbons (Fsp3) is 0.600. The molecule has 8 atom stereocenters. The van der Waals surface area contributed by atoms with Crippen LogP contribution in [0, 0.1) is 31.6 Å². The van der Waals surface area contributed by atoms with Crippen molar-refractivity contribution in [3.8, 4) is 5.75 Å². The van der Waals surface area contributed by atoms with Gasteiger partial charge in [-0.05, 0) is 68.1 Å². The highest BCUT2D eigenvalue weighted by atomic mass is 16.6. The third-order valence-electron chi connectivity index (χ3n) is 7.73. The number of carboxylic acid groups (broad SMARTS) is 1. The van der Waals surface area contributed by atoms with E-state index >= 15 is 0 Å². The van der Waals surface area contributed by atoms with Crippen molar-refractivity contribution in [1.82, 2.24) is 0 Å². The Morgan fingerprint density at radius 2 is 1.82 bits per heavy atom. The zero-order valence-electron chi connectivity index (χ0n) is 22.7. The molecule has 0 bridgehead atoms. The lowest BCUT2D eigenvalue weighted by atomic mass is 9.66. The van der Waals surface area contributed by atoms with Gasteiger partial charge in [0.1, 0.15) is 11.9 Å². The number of carbonyl (C=O) groups excluding carboxylic acids is 1. The number of allylic oxidation sites excluding steroid dienone is 2. The van der Waals surface area contributed by atoms with E-state index in [-0.39, 0.29) is 30.6 Å². The van der Waals surface area contributed by atoms with E-state index in [0.717, 1.165) is 16.7 Å². The molecule has 2 aliphatic carbocycles. The Bertz CT molecular complexity index is 1010. The van der Waals surface area contributed by atoms with Crippen LogP contribution < -0.4 is 4.74 Å². The summed E-state index contributed by atoms with van der Waals surface area (Å²) in [5.74, 6) is -0.891. The monoisotopic (exact) mass is 530 g/mol. The molecule has 38 heavy (non-hydrogen) atoms. The maximum atomic E-state index is 13.3. The molecule has 0 aromatic heterocycles. The Morgan fingerprint density at radius 3 is 2.45 bits per heavy atom. The second-order valence-electron chi connectivity index (χ2n) is 10.8. The molecule has 0 radical (unpaired) electrons. The number of hydrogen-bond donors (Lipinski definition) is 4. The van der Waals surface area contributed by atoms with E-state index in [4.69, 9.17) is 14.6 Å². The number of benzene rings is 1. The molecule has 0 saturated heterocycles. The van der Waals surface area contributed by atoms with Crippen molar-refractivity contribution in [2.24, 2.45) is 17.8 Å². The third-order valence-corrected chi connectivity index (χ3v) is 7.73. The Morgan fingerprint density at radius 1 is 1.13 bits per heavy atom. The molecule has 3 rings (SSSR count). The first-order chi connectivity index (χ1) is 18.0. The molecule has 0 unspecified atom stereocenters. The molecule has 210 valence electrons. The molecule has 1 aromatic rings. The highest BCUT2D eigenvalue weighted by molar-refractivity contribution is 5.75. The summed E-state index contributed by atoms with van der Waals surface area (Å²) in [5, 5.41) is 39.7. The summed E-state index contributed by atoms with van der Waals surface area (Å²) in [6.45, 7) is 7.82. The summed E-state index contributed by atoms with van der Waals surface area (Å²) in [6.07, 6.45) is 3.06. The van der Waals surface area contributed by atoms with Crippen LogP contribution in [0.3, 0.4) is 0 Å². The summed E-state index contributed by atoms with van der Waals surface area (Å²) in [7, 11) is 0. The van der Waals surface area contributed by atoms with Gasteiger partial charge in [0.05, 0.1) is 24.7 Å². The van der Waals surface area contributed by atoms with Gasteiger partial charge in [-0.15, -0.1) is 0 Å². The van der Waals surface area contributed by atoms with Crippen molar-refractivity contribution in [3.05, 3.63) is 53.1 Å². The first-order valence-corrected chi connectivity index (χ1v) is 13.6. The van der Waals surface area contributed by atoms with Gasteiger partial charge in [-0.1, -0.05) is 50.3 Å². The van der Waals surface area contributed by atoms with Gasteiger partial charge >= 0.3 is 11.9 Å². The maximum Gasteiger partial charge on any atom is 0.347 e. The van der Waals surface area contributed by atoms with Crippen LogP contribution in [0.15, 0.2) is 42.0 Å². The largest absolute Gasteiger partial charge is 0.481 e. The standard InChI is InChI=1S/C30H42O8/c1-5-25(37-29-18(3)7-6-8-19(29)4)30(36)38-26-15-22(32)13-20-10-9-17(2)24(28(20)26)12-11-21(31)14-23(33)16-27(34)35/h6-10,13,17,21-26,28,31-33H,5,11-12,14-16H2,1-4H3,(H,34,35)/t17-,21-,22-,23-,24+,25+,26+,28+/m1/s1. The first kappa shape index (κ1) is 29.9. The van der Waals surface area contributed by atoms with Gasteiger partial charge in [-0.2, -0.15) is 0 Å². The average Bonchev–Trinajstić information content (AvgIpc) is 2.82. The number of fused-ring (bicyclic) bond motifs is 1. The van der Waals surface area contributed by atoms with Gasteiger partial charge < -0.3 is 29.9 Å². The van der Waals surface area contributed by atoms with Crippen molar-refractivity contribution >= 4 is 11.9 Å². The number of esters is 1. The molecule has 8 heteroatoms. The second kappa shape index (κ2) is 13.4. The second-order valence-corrected chi connectivity index (χ2v) is 10.8. The predicted molar refractivity (Wildman–Crippen MR) is 143 cm³/mol. The van der Waals surface area contributed by atoms with Crippen molar-refractivity contribution < 1.29 is 39.5 Å². The van der Waals surface area contributed by atoms with Crippen LogP contribution >= 0.6 is 0 Å². The summed E-state index contributed by atoms with van der Waals surface area (Å²) in [5.41, 5.74) is 2.79. The van der Waals surface area contributed by atoms with E-state index in [1.165, 1.54) is 0 Å². The molecule has 1 aromatic carbocycles. The van der Waals surface area contributed by atoms with Crippen LogP contribution in [0.1, 0.15) is 63.5 Å². The van der Waals surface area contributed by atoms with E-state index < -0.39 is 48.9 Å². The highest BCUT2D eigenvalue weighted by Gasteiger charge is 2.42. The van der Waals surface area contributed by atoms with E-state index in [0.29, 0.717) is 25.0 Å². The number of hydrogen-bond acceptors (Lipinski definition) is 7. The first-order valence-electron chi connectivity index (χ1n) is 13.6. The molecular weight excluding hydrogens is 488 g/mol. The number of ether oxygens (including phenoxy) is 2. The van der Waals surface area contributed by atoms with Gasteiger partial charge in [0.2, 0.25) is 0 Å². The van der Waals surface area contributed by atoms with Crippen LogP contribution in [-0.4, -0.2) is 62.9 Å². The number of carboxylic acids is 1. The summed E-state index contributed by atoms with van der Waals surface area (Å²) < 4.78 is 12.2. The van der Waals surface area contributed by atoms with Gasteiger partial charge in [-0.3, -0.25) is 4.79 Å². The number of rotatable bonds is 12. The summed E-state index contributed by atoms with van der Waals surface area (Å²) in [4.78, 5) is 24.2. The third kappa shape index (κ3) is 7.68. The minimum atomic E-state index is -1.11. The minimum absolute atomic E-state index is 0.0123. The predicted octanol–water partition coefficient (Wildman–Crippen LogP) is 3.87. The van der Waals surface area contributed by atoms with E-state index in [9.17, 15) is 24.9 Å². The van der Waals surface area contributed by atoms with Gasteiger partial charge in [0, 0.05) is 12.3 Å². The summed E-state index contributed by atoms with van der Waals surface area (Å²) >= 11 is 0. The molecule has 0 saturated carbocycles. The van der Waals surface area contributed by atoms with Crippen LogP contribution in [0.4, 0.5) is 0 Å². The number of aliphatic hydroxyl groups is 3. The smallest absolute Gasteiger partial charge is 0.347 e. The molecular formula is C30H42O8. The Labute approximate surface area is 225 Å². The lowest BCUT2D eigenvalue weighted by Crippen LogP contribution is -2.44. The van der Waals surface area contributed by atoms with Crippen LogP contribution in [0.2, 0.25) is 0 Å². The molecule has 4 N–H and O–H groups in total. The average molecular weight is 531 g/mol. The van der Waals surface area contributed by atoms with Crippen molar-refractivity contribution in [1.29, 1.82) is 0 Å². The lowest BCUT2D eigenvalue weighted by Gasteiger charge is -2.43. The molecule has 0 amide bonds. The quantitative estimate of drug-likeness (QED) is 0.299. The van der Waals surface area contributed by atoms with Crippen LogP contribution in [0.25, 0.3) is 0 Å². The van der Waals surface area contributed by atoms with Crippen LogP contribution in [0.5, 0.6) is 5.75 Å². The molecule has 0 spiro atoms. The normalized spacial score (nSPS) is 27.0. The van der Waals surface area contributed by atoms with Crippen LogP contribution in [-0.2, 0) is 14.3 Å². The van der Waals surface area contributed by atoms with Gasteiger partial charge in [0.25, 0.3) is 0 Å². The van der Waals surface area contributed by atoms with Gasteiger partial charge in [-0.25, -0.2) is 4.79 Å². The molecule has 8 nitrogen and oxygen atoms in total. The SMILES string of the molecule is CC[C@H](Oc1c(C)cccc1C)C(=O)O[C@H]1C[C@H](O)C=C2C=C[C@@H](C)[C@H](CC[C@@H](O)C[C@@H](O)CC(=O)O)[C@H]21. The van der Waals surface area contributed by atoms with E-state index in [1.54, 1.807) is 0 Å². The highest BCUT2D eigenvalue weighted by Crippen LogP contribution is 2.44.